The van der Waals surface area contributed by atoms with Crippen LogP contribution in [-0.2, 0) is 13.1 Å². The zero-order chi connectivity index (χ0) is 15.5. The number of anilines is 2. The van der Waals surface area contributed by atoms with Crippen LogP contribution in [-0.4, -0.2) is 40.9 Å². The van der Waals surface area contributed by atoms with Crippen LogP contribution in [0.4, 0.5) is 11.4 Å². The van der Waals surface area contributed by atoms with Gasteiger partial charge in [-0.2, -0.15) is 5.10 Å². The standard InChI is InChI=1S/C16H22ClN5/c1-2-22-12-13(10-19-22)11-20-5-7-21(8-6-20)16-4-3-14(17)9-15(16)18/h3-4,9-10,12H,2,5-8,11,18H2,1H3. The van der Waals surface area contributed by atoms with Gasteiger partial charge in [0.1, 0.15) is 0 Å². The molecule has 6 heteroatoms. The Morgan fingerprint density at radius 2 is 2.00 bits per heavy atom. The van der Waals surface area contributed by atoms with Gasteiger partial charge in [-0.15, -0.1) is 0 Å². The molecule has 1 fully saturated rings. The van der Waals surface area contributed by atoms with Crippen molar-refractivity contribution >= 4 is 23.0 Å². The molecule has 0 bridgehead atoms. The molecule has 1 aliphatic heterocycles. The third-order valence-corrected chi connectivity index (χ3v) is 4.35. The molecule has 2 N–H and O–H groups in total. The second kappa shape index (κ2) is 6.58. The number of benzene rings is 1. The van der Waals surface area contributed by atoms with Gasteiger partial charge in [0.05, 0.1) is 17.6 Å². The third-order valence-electron chi connectivity index (χ3n) is 4.12. The maximum Gasteiger partial charge on any atom is 0.0601 e. The molecule has 0 unspecified atom stereocenters. The van der Waals surface area contributed by atoms with Crippen molar-refractivity contribution in [3.05, 3.63) is 41.2 Å². The molecule has 0 aliphatic carbocycles. The van der Waals surface area contributed by atoms with E-state index in [9.17, 15) is 0 Å². The number of nitrogens with zero attached hydrogens (tertiary/aromatic N) is 4. The van der Waals surface area contributed by atoms with E-state index in [1.807, 2.05) is 29.1 Å². The fraction of sp³-hybridized carbons (Fsp3) is 0.438. The fourth-order valence-electron chi connectivity index (χ4n) is 2.88. The Kier molecular flexibility index (Phi) is 4.55. The average molecular weight is 320 g/mol. The van der Waals surface area contributed by atoms with Crippen LogP contribution in [0.2, 0.25) is 5.02 Å². The zero-order valence-electron chi connectivity index (χ0n) is 12.9. The summed E-state index contributed by atoms with van der Waals surface area (Å²) in [4.78, 5) is 4.79. The summed E-state index contributed by atoms with van der Waals surface area (Å²) in [5.41, 5.74) is 9.20. The first-order valence-corrected chi connectivity index (χ1v) is 8.07. The highest BCUT2D eigenvalue weighted by Gasteiger charge is 2.19. The summed E-state index contributed by atoms with van der Waals surface area (Å²) in [6, 6.07) is 5.74. The highest BCUT2D eigenvalue weighted by atomic mass is 35.5. The van der Waals surface area contributed by atoms with E-state index < -0.39 is 0 Å². The van der Waals surface area contributed by atoms with Crippen molar-refractivity contribution in [1.82, 2.24) is 14.7 Å². The molecule has 1 aromatic carbocycles. The number of piperazine rings is 1. The van der Waals surface area contributed by atoms with E-state index >= 15 is 0 Å². The van der Waals surface area contributed by atoms with E-state index in [0.717, 1.165) is 50.6 Å². The summed E-state index contributed by atoms with van der Waals surface area (Å²) in [7, 11) is 0. The Morgan fingerprint density at radius 3 is 2.64 bits per heavy atom. The van der Waals surface area contributed by atoms with Crippen LogP contribution >= 0.6 is 11.6 Å². The smallest absolute Gasteiger partial charge is 0.0601 e. The first-order valence-electron chi connectivity index (χ1n) is 7.69. The third kappa shape index (κ3) is 3.36. The second-order valence-electron chi connectivity index (χ2n) is 5.67. The van der Waals surface area contributed by atoms with Crippen molar-refractivity contribution in [3.8, 4) is 0 Å². The first kappa shape index (κ1) is 15.2. The van der Waals surface area contributed by atoms with Crippen molar-refractivity contribution in [1.29, 1.82) is 0 Å². The number of halogens is 1. The van der Waals surface area contributed by atoms with Crippen molar-refractivity contribution in [2.24, 2.45) is 0 Å². The Hall–Kier alpha value is -1.72. The highest BCUT2D eigenvalue weighted by Crippen LogP contribution is 2.27. The highest BCUT2D eigenvalue weighted by molar-refractivity contribution is 6.31. The fourth-order valence-corrected chi connectivity index (χ4v) is 3.06. The van der Waals surface area contributed by atoms with Gasteiger partial charge in [0.15, 0.2) is 0 Å². The minimum Gasteiger partial charge on any atom is -0.397 e. The van der Waals surface area contributed by atoms with Gasteiger partial charge in [-0.05, 0) is 25.1 Å². The SMILES string of the molecule is CCn1cc(CN2CCN(c3ccc(Cl)cc3N)CC2)cn1. The van der Waals surface area contributed by atoms with Gasteiger partial charge in [0.25, 0.3) is 0 Å². The van der Waals surface area contributed by atoms with E-state index in [2.05, 4.69) is 28.0 Å². The molecule has 2 aromatic rings. The molecule has 1 saturated heterocycles. The quantitative estimate of drug-likeness (QED) is 0.880. The molecule has 0 atom stereocenters. The lowest BCUT2D eigenvalue weighted by Gasteiger charge is -2.36. The molecule has 1 aliphatic rings. The summed E-state index contributed by atoms with van der Waals surface area (Å²) in [6.45, 7) is 8.00. The van der Waals surface area contributed by atoms with Crippen LogP contribution in [0.25, 0.3) is 0 Å². The van der Waals surface area contributed by atoms with E-state index in [1.54, 1.807) is 0 Å². The average Bonchev–Trinajstić information content (AvgIpc) is 2.96. The number of nitrogen functional groups attached to an aromatic ring is 1. The first-order chi connectivity index (χ1) is 10.7. The normalized spacial score (nSPS) is 16.2. The zero-order valence-corrected chi connectivity index (χ0v) is 13.6. The Balaban J connectivity index is 1.58. The molecule has 0 spiro atoms. The lowest BCUT2D eigenvalue weighted by atomic mass is 10.2. The van der Waals surface area contributed by atoms with E-state index in [1.165, 1.54) is 5.56 Å². The van der Waals surface area contributed by atoms with Crippen molar-refractivity contribution < 1.29 is 0 Å². The van der Waals surface area contributed by atoms with Crippen molar-refractivity contribution in [2.75, 3.05) is 36.8 Å². The molecule has 0 saturated carbocycles. The van der Waals surface area contributed by atoms with E-state index in [4.69, 9.17) is 17.3 Å². The monoisotopic (exact) mass is 319 g/mol. The molecular formula is C16H22ClN5. The molecule has 118 valence electrons. The van der Waals surface area contributed by atoms with Crippen LogP contribution in [0.15, 0.2) is 30.6 Å². The van der Waals surface area contributed by atoms with Crippen LogP contribution in [0.1, 0.15) is 12.5 Å². The summed E-state index contributed by atoms with van der Waals surface area (Å²) < 4.78 is 1.97. The number of nitrogens with two attached hydrogens (primary N) is 1. The summed E-state index contributed by atoms with van der Waals surface area (Å²) in [5, 5.41) is 5.02. The summed E-state index contributed by atoms with van der Waals surface area (Å²) >= 11 is 5.97. The van der Waals surface area contributed by atoms with Gasteiger partial charge >= 0.3 is 0 Å². The minimum absolute atomic E-state index is 0.688. The Morgan fingerprint density at radius 1 is 1.23 bits per heavy atom. The molecule has 3 rings (SSSR count). The van der Waals surface area contributed by atoms with Crippen molar-refractivity contribution in [2.45, 2.75) is 20.0 Å². The number of hydrogen-bond donors (Lipinski definition) is 1. The lowest BCUT2D eigenvalue weighted by molar-refractivity contribution is 0.250. The van der Waals surface area contributed by atoms with Crippen LogP contribution < -0.4 is 10.6 Å². The molecule has 1 aromatic heterocycles. The largest absolute Gasteiger partial charge is 0.397 e. The van der Waals surface area contributed by atoms with E-state index in [0.29, 0.717) is 5.02 Å². The summed E-state index contributed by atoms with van der Waals surface area (Å²) in [5.74, 6) is 0. The van der Waals surface area contributed by atoms with E-state index in [-0.39, 0.29) is 0 Å². The minimum atomic E-state index is 0.688. The van der Waals surface area contributed by atoms with Gasteiger partial charge in [0, 0.05) is 56.1 Å². The van der Waals surface area contributed by atoms with Crippen LogP contribution in [0.5, 0.6) is 0 Å². The molecular weight excluding hydrogens is 298 g/mol. The van der Waals surface area contributed by atoms with Crippen molar-refractivity contribution in [3.63, 3.8) is 0 Å². The number of aryl methyl sites for hydroxylation is 1. The van der Waals surface area contributed by atoms with Gasteiger partial charge in [-0.3, -0.25) is 9.58 Å². The Labute approximate surface area is 136 Å². The second-order valence-corrected chi connectivity index (χ2v) is 6.11. The predicted octanol–water partition coefficient (Wildman–Crippen LogP) is 2.46. The maximum atomic E-state index is 6.08. The topological polar surface area (TPSA) is 50.3 Å². The summed E-state index contributed by atoms with van der Waals surface area (Å²) in [6.07, 6.45) is 4.09. The van der Waals surface area contributed by atoms with Gasteiger partial charge in [0.2, 0.25) is 0 Å². The van der Waals surface area contributed by atoms with Gasteiger partial charge < -0.3 is 10.6 Å². The Bertz CT molecular complexity index is 631. The lowest BCUT2D eigenvalue weighted by Crippen LogP contribution is -2.46. The van der Waals surface area contributed by atoms with Gasteiger partial charge in [-0.25, -0.2) is 0 Å². The molecule has 22 heavy (non-hydrogen) atoms. The molecule has 2 heterocycles. The molecule has 0 amide bonds. The number of aromatic nitrogens is 2. The van der Waals surface area contributed by atoms with Gasteiger partial charge in [-0.1, -0.05) is 11.6 Å². The van der Waals surface area contributed by atoms with Crippen LogP contribution in [0, 0.1) is 0 Å². The molecule has 5 nitrogen and oxygen atoms in total. The number of hydrogen-bond acceptors (Lipinski definition) is 4. The predicted molar refractivity (Wildman–Crippen MR) is 91.3 cm³/mol. The van der Waals surface area contributed by atoms with Crippen LogP contribution in [0.3, 0.4) is 0 Å². The molecule has 0 radical (unpaired) electrons. The maximum absolute atomic E-state index is 6.08. The number of rotatable bonds is 4.